The second-order valence-corrected chi connectivity index (χ2v) is 5.30. The number of amides is 1. The summed E-state index contributed by atoms with van der Waals surface area (Å²) in [5, 5.41) is 10.7. The third-order valence-electron chi connectivity index (χ3n) is 2.85. The first kappa shape index (κ1) is 15.4. The molecule has 0 aliphatic rings. The van der Waals surface area contributed by atoms with Gasteiger partial charge in [-0.3, -0.25) is 14.9 Å². The summed E-state index contributed by atoms with van der Waals surface area (Å²) >= 11 is 5.84. The highest BCUT2D eigenvalue weighted by Gasteiger charge is 2.16. The van der Waals surface area contributed by atoms with E-state index in [-0.39, 0.29) is 17.0 Å². The van der Waals surface area contributed by atoms with E-state index in [1.165, 1.54) is 12.1 Å². The van der Waals surface area contributed by atoms with Gasteiger partial charge in [0.2, 0.25) is 0 Å². The van der Waals surface area contributed by atoms with Crippen molar-refractivity contribution in [3.63, 3.8) is 0 Å². The number of nitro groups is 1. The van der Waals surface area contributed by atoms with E-state index in [4.69, 9.17) is 11.6 Å². The highest BCUT2D eigenvalue weighted by atomic mass is 35.5. The van der Waals surface area contributed by atoms with Crippen LogP contribution in [0.2, 0.25) is 0 Å². The van der Waals surface area contributed by atoms with E-state index in [0.717, 1.165) is 0 Å². The van der Waals surface area contributed by atoms with Gasteiger partial charge in [0.15, 0.2) is 0 Å². The minimum atomic E-state index is -0.456. The second-order valence-electron chi connectivity index (χ2n) is 4.55. The Morgan fingerprint density at radius 3 is 2.63 bits per heavy atom. The fourth-order valence-electron chi connectivity index (χ4n) is 1.69. The Bertz CT molecular complexity index is 489. The highest BCUT2D eigenvalue weighted by Crippen LogP contribution is 2.19. The first-order valence-electron chi connectivity index (χ1n) is 5.97. The highest BCUT2D eigenvalue weighted by molar-refractivity contribution is 6.20. The molecule has 1 atom stereocenters. The monoisotopic (exact) mass is 284 g/mol. The zero-order chi connectivity index (χ0) is 14.6. The Kier molecular flexibility index (Phi) is 5.30. The number of rotatable bonds is 5. The van der Waals surface area contributed by atoms with Crippen molar-refractivity contribution in [2.75, 3.05) is 13.6 Å². The molecule has 0 aromatic heterocycles. The van der Waals surface area contributed by atoms with E-state index in [9.17, 15) is 14.9 Å². The summed E-state index contributed by atoms with van der Waals surface area (Å²) in [4.78, 5) is 23.9. The molecule has 1 aromatic rings. The molecule has 0 N–H and O–H groups in total. The predicted octanol–water partition coefficient (Wildman–Crippen LogP) is 2.99. The van der Waals surface area contributed by atoms with E-state index in [2.05, 4.69) is 0 Å². The molecule has 5 nitrogen and oxygen atoms in total. The van der Waals surface area contributed by atoms with Crippen molar-refractivity contribution in [2.45, 2.75) is 25.6 Å². The molecule has 0 spiro atoms. The number of hydrogen-bond acceptors (Lipinski definition) is 3. The summed E-state index contributed by atoms with van der Waals surface area (Å²) in [5.74, 6) is -0.157. The quantitative estimate of drug-likeness (QED) is 0.474. The molecule has 104 valence electrons. The number of aryl methyl sites for hydroxylation is 1. The van der Waals surface area contributed by atoms with Gasteiger partial charge in [-0.25, -0.2) is 0 Å². The molecule has 0 saturated heterocycles. The Morgan fingerprint density at radius 2 is 2.16 bits per heavy atom. The molecule has 1 aromatic carbocycles. The number of nitro benzene ring substituents is 1. The summed E-state index contributed by atoms with van der Waals surface area (Å²) in [6, 6.07) is 4.38. The van der Waals surface area contributed by atoms with Crippen LogP contribution < -0.4 is 0 Å². The maximum absolute atomic E-state index is 12.1. The van der Waals surface area contributed by atoms with Crippen molar-refractivity contribution < 1.29 is 9.72 Å². The Hall–Kier alpha value is -1.62. The molecular weight excluding hydrogens is 268 g/mol. The summed E-state index contributed by atoms with van der Waals surface area (Å²) in [6.07, 6.45) is 0.704. The fraction of sp³-hybridized carbons (Fsp3) is 0.462. The Morgan fingerprint density at radius 1 is 1.53 bits per heavy atom. The Labute approximate surface area is 117 Å². The predicted molar refractivity (Wildman–Crippen MR) is 74.7 cm³/mol. The van der Waals surface area contributed by atoms with Crippen LogP contribution in [0.3, 0.4) is 0 Å². The van der Waals surface area contributed by atoms with Crippen molar-refractivity contribution in [3.05, 3.63) is 39.4 Å². The number of alkyl halides is 1. The molecule has 0 aliphatic carbocycles. The van der Waals surface area contributed by atoms with Crippen LogP contribution in [0.5, 0.6) is 0 Å². The lowest BCUT2D eigenvalue weighted by Gasteiger charge is -2.18. The smallest absolute Gasteiger partial charge is 0.272 e. The topological polar surface area (TPSA) is 63.5 Å². The van der Waals surface area contributed by atoms with Crippen molar-refractivity contribution >= 4 is 23.2 Å². The molecule has 0 bridgehead atoms. The van der Waals surface area contributed by atoms with Gasteiger partial charge >= 0.3 is 0 Å². The molecule has 19 heavy (non-hydrogen) atoms. The molecular formula is C13H17ClN2O3. The zero-order valence-electron chi connectivity index (χ0n) is 11.2. The fourth-order valence-corrected chi connectivity index (χ4v) is 1.78. The summed E-state index contributed by atoms with van der Waals surface area (Å²) < 4.78 is 0. The molecule has 1 unspecified atom stereocenters. The molecule has 0 aliphatic heterocycles. The van der Waals surface area contributed by atoms with Gasteiger partial charge in [0.05, 0.1) is 4.92 Å². The third-order valence-corrected chi connectivity index (χ3v) is 3.07. The first-order valence-corrected chi connectivity index (χ1v) is 6.41. The normalized spacial score (nSPS) is 12.0. The van der Waals surface area contributed by atoms with E-state index in [0.29, 0.717) is 24.1 Å². The minimum Gasteiger partial charge on any atom is -0.342 e. The van der Waals surface area contributed by atoms with Gasteiger partial charge in [-0.1, -0.05) is 0 Å². The summed E-state index contributed by atoms with van der Waals surface area (Å²) in [5.41, 5.74) is 0.955. The number of halogens is 1. The van der Waals surface area contributed by atoms with E-state index in [1.807, 2.05) is 6.92 Å². The van der Waals surface area contributed by atoms with E-state index >= 15 is 0 Å². The van der Waals surface area contributed by atoms with Crippen LogP contribution in [0.15, 0.2) is 18.2 Å². The largest absolute Gasteiger partial charge is 0.342 e. The first-order chi connectivity index (χ1) is 8.82. The van der Waals surface area contributed by atoms with Gasteiger partial charge in [0.25, 0.3) is 11.6 Å². The third kappa shape index (κ3) is 4.21. The van der Waals surface area contributed by atoms with E-state index < -0.39 is 4.92 Å². The lowest BCUT2D eigenvalue weighted by molar-refractivity contribution is -0.385. The van der Waals surface area contributed by atoms with Crippen molar-refractivity contribution in [3.8, 4) is 0 Å². The van der Waals surface area contributed by atoms with Crippen molar-refractivity contribution in [1.82, 2.24) is 4.90 Å². The lowest BCUT2D eigenvalue weighted by atomic mass is 10.1. The number of benzene rings is 1. The number of carbonyl (C=O) groups is 1. The molecule has 0 heterocycles. The molecule has 0 radical (unpaired) electrons. The average Bonchev–Trinajstić information content (AvgIpc) is 2.34. The Balaban J connectivity index is 2.83. The van der Waals surface area contributed by atoms with Crippen LogP contribution >= 0.6 is 11.6 Å². The summed E-state index contributed by atoms with van der Waals surface area (Å²) in [7, 11) is 1.69. The van der Waals surface area contributed by atoms with Gasteiger partial charge in [0.1, 0.15) is 0 Å². The number of hydrogen-bond donors (Lipinski definition) is 0. The van der Waals surface area contributed by atoms with Crippen LogP contribution in [0.4, 0.5) is 5.69 Å². The van der Waals surface area contributed by atoms with Crippen LogP contribution in [-0.2, 0) is 0 Å². The number of carbonyl (C=O) groups excluding carboxylic acids is 1. The van der Waals surface area contributed by atoms with Crippen LogP contribution in [0, 0.1) is 17.0 Å². The van der Waals surface area contributed by atoms with Crippen LogP contribution in [-0.4, -0.2) is 34.7 Å². The van der Waals surface area contributed by atoms with Gasteiger partial charge in [0, 0.05) is 36.2 Å². The minimum absolute atomic E-state index is 0.00819. The maximum Gasteiger partial charge on any atom is 0.272 e. The van der Waals surface area contributed by atoms with Crippen molar-refractivity contribution in [2.24, 2.45) is 0 Å². The molecule has 0 saturated carbocycles. The molecule has 1 rings (SSSR count). The molecule has 0 fully saturated rings. The van der Waals surface area contributed by atoms with Crippen LogP contribution in [0.1, 0.15) is 29.3 Å². The van der Waals surface area contributed by atoms with Gasteiger partial charge in [-0.15, -0.1) is 11.6 Å². The van der Waals surface area contributed by atoms with Gasteiger partial charge in [-0.2, -0.15) is 0 Å². The van der Waals surface area contributed by atoms with Gasteiger partial charge in [-0.05, 0) is 32.4 Å². The van der Waals surface area contributed by atoms with E-state index in [1.54, 1.807) is 24.9 Å². The number of nitrogens with zero attached hydrogens (tertiary/aromatic N) is 2. The lowest BCUT2D eigenvalue weighted by Crippen LogP contribution is -2.28. The summed E-state index contributed by atoms with van der Waals surface area (Å²) in [6.45, 7) is 4.05. The molecule has 6 heteroatoms. The van der Waals surface area contributed by atoms with Crippen molar-refractivity contribution in [1.29, 1.82) is 0 Å². The standard InChI is InChI=1S/C13H17ClN2O3/c1-9-8-11(4-5-12(9)16(18)19)13(17)15(3)7-6-10(2)14/h4-5,8,10H,6-7H2,1-3H3. The maximum atomic E-state index is 12.1. The van der Waals surface area contributed by atoms with Gasteiger partial charge < -0.3 is 4.90 Å². The molecule has 1 amide bonds. The van der Waals surface area contributed by atoms with Crippen LogP contribution in [0.25, 0.3) is 0 Å². The SMILES string of the molecule is Cc1cc(C(=O)N(C)CCC(C)Cl)ccc1[N+](=O)[O-]. The average molecular weight is 285 g/mol. The zero-order valence-corrected chi connectivity index (χ0v) is 12.0. The second kappa shape index (κ2) is 6.52.